The zero-order valence-electron chi connectivity index (χ0n) is 9.45. The van der Waals surface area contributed by atoms with Gasteiger partial charge in [0.2, 0.25) is 0 Å². The van der Waals surface area contributed by atoms with Crippen LogP contribution in [0.1, 0.15) is 10.4 Å². The number of rotatable bonds is 2. The van der Waals surface area contributed by atoms with E-state index >= 15 is 0 Å². The Kier molecular flexibility index (Phi) is 3.41. The van der Waals surface area contributed by atoms with Crippen LogP contribution in [0.15, 0.2) is 36.4 Å². The van der Waals surface area contributed by atoms with Gasteiger partial charge in [0.05, 0.1) is 0 Å². The van der Waals surface area contributed by atoms with Gasteiger partial charge >= 0.3 is 0 Å². The zero-order chi connectivity index (χ0) is 14.0. The van der Waals surface area contributed by atoms with E-state index < -0.39 is 29.0 Å². The quantitative estimate of drug-likeness (QED) is 0.878. The van der Waals surface area contributed by atoms with E-state index in [1.165, 1.54) is 24.3 Å². The van der Waals surface area contributed by atoms with Crippen molar-refractivity contribution in [2.24, 2.45) is 0 Å². The molecule has 0 aliphatic rings. The number of phenols is 1. The lowest BCUT2D eigenvalue weighted by Gasteiger charge is -2.07. The monoisotopic (exact) mass is 267 g/mol. The van der Waals surface area contributed by atoms with Crippen LogP contribution < -0.4 is 5.32 Å². The molecule has 0 unspecified atom stereocenters. The van der Waals surface area contributed by atoms with Crippen LogP contribution in [0, 0.1) is 17.5 Å². The molecule has 0 heterocycles. The van der Waals surface area contributed by atoms with Crippen molar-refractivity contribution in [1.82, 2.24) is 0 Å². The summed E-state index contributed by atoms with van der Waals surface area (Å²) in [5.74, 6) is -4.30. The van der Waals surface area contributed by atoms with E-state index in [1.54, 1.807) is 0 Å². The molecule has 0 saturated heterocycles. The first-order valence-corrected chi connectivity index (χ1v) is 5.22. The molecule has 0 aliphatic carbocycles. The molecule has 2 rings (SSSR count). The third-order valence-corrected chi connectivity index (χ3v) is 2.37. The summed E-state index contributed by atoms with van der Waals surface area (Å²) in [7, 11) is 0. The Hall–Kier alpha value is -2.50. The highest BCUT2D eigenvalue weighted by molar-refractivity contribution is 6.04. The van der Waals surface area contributed by atoms with E-state index in [2.05, 4.69) is 0 Å². The molecule has 2 aromatic rings. The number of amides is 1. The average Bonchev–Trinajstić information content (AvgIpc) is 2.34. The smallest absolute Gasteiger partial charge is 0.255 e. The van der Waals surface area contributed by atoms with Crippen molar-refractivity contribution < 1.29 is 23.1 Å². The Balaban J connectivity index is 2.26. The van der Waals surface area contributed by atoms with Gasteiger partial charge in [-0.2, -0.15) is 0 Å². The molecule has 0 bridgehead atoms. The summed E-state index contributed by atoms with van der Waals surface area (Å²) in [4.78, 5) is 11.7. The predicted molar refractivity (Wildman–Crippen MR) is 62.4 cm³/mol. The molecule has 2 N–H and O–H groups in total. The molecule has 19 heavy (non-hydrogen) atoms. The molecular formula is C13H8F3NO2. The molecular weight excluding hydrogens is 259 g/mol. The summed E-state index contributed by atoms with van der Waals surface area (Å²) in [6.07, 6.45) is 0. The minimum Gasteiger partial charge on any atom is -0.508 e. The number of benzene rings is 2. The first-order chi connectivity index (χ1) is 8.97. The Bertz CT molecular complexity index is 603. The maximum absolute atomic E-state index is 13.3. The van der Waals surface area contributed by atoms with Gasteiger partial charge in [0.25, 0.3) is 5.91 Å². The number of nitrogens with one attached hydrogen (secondary N) is 1. The van der Waals surface area contributed by atoms with Crippen molar-refractivity contribution in [1.29, 1.82) is 0 Å². The molecule has 0 radical (unpaired) electrons. The van der Waals surface area contributed by atoms with Crippen LogP contribution in [0.5, 0.6) is 5.75 Å². The normalized spacial score (nSPS) is 10.3. The summed E-state index contributed by atoms with van der Waals surface area (Å²) in [5.41, 5.74) is -0.625. The molecule has 0 spiro atoms. The highest BCUT2D eigenvalue weighted by Gasteiger charge is 2.15. The Morgan fingerprint density at radius 1 is 1.00 bits per heavy atom. The maximum atomic E-state index is 13.3. The minimum atomic E-state index is -1.20. The van der Waals surface area contributed by atoms with Crippen LogP contribution in [-0.2, 0) is 0 Å². The molecule has 2 aromatic carbocycles. The SMILES string of the molecule is O=C(Nc1c(F)cc(F)cc1F)c1ccc(O)cc1. The van der Waals surface area contributed by atoms with Crippen LogP contribution in [0.25, 0.3) is 0 Å². The van der Waals surface area contributed by atoms with Crippen molar-refractivity contribution >= 4 is 11.6 Å². The number of halogens is 3. The van der Waals surface area contributed by atoms with Crippen molar-refractivity contribution in [2.75, 3.05) is 5.32 Å². The number of carbonyl (C=O) groups excluding carboxylic acids is 1. The van der Waals surface area contributed by atoms with E-state index in [-0.39, 0.29) is 11.3 Å². The van der Waals surface area contributed by atoms with Gasteiger partial charge in [0, 0.05) is 17.7 Å². The second kappa shape index (κ2) is 5.01. The molecule has 0 aromatic heterocycles. The number of carbonyl (C=O) groups is 1. The predicted octanol–water partition coefficient (Wildman–Crippen LogP) is 3.06. The van der Waals surface area contributed by atoms with Gasteiger partial charge in [-0.1, -0.05) is 0 Å². The standard InChI is InChI=1S/C13H8F3NO2/c14-8-5-10(15)12(11(16)6-8)17-13(19)7-1-3-9(18)4-2-7/h1-6,18H,(H,17,19). The average molecular weight is 267 g/mol. The van der Waals surface area contributed by atoms with Crippen LogP contribution in [0.4, 0.5) is 18.9 Å². The fraction of sp³-hybridized carbons (Fsp3) is 0. The zero-order valence-corrected chi connectivity index (χ0v) is 9.45. The summed E-state index contributed by atoms with van der Waals surface area (Å²) in [6.45, 7) is 0. The fourth-order valence-electron chi connectivity index (χ4n) is 1.46. The number of aromatic hydroxyl groups is 1. The molecule has 3 nitrogen and oxygen atoms in total. The molecule has 0 aliphatic heterocycles. The molecule has 98 valence electrons. The first kappa shape index (κ1) is 12.9. The lowest BCUT2D eigenvalue weighted by Crippen LogP contribution is -2.14. The third kappa shape index (κ3) is 2.85. The van der Waals surface area contributed by atoms with Gasteiger partial charge in [-0.05, 0) is 24.3 Å². The number of hydrogen-bond donors (Lipinski definition) is 2. The van der Waals surface area contributed by atoms with E-state index in [9.17, 15) is 18.0 Å². The van der Waals surface area contributed by atoms with Crippen LogP contribution in [-0.4, -0.2) is 11.0 Å². The van der Waals surface area contributed by atoms with Crippen LogP contribution in [0.3, 0.4) is 0 Å². The van der Waals surface area contributed by atoms with Crippen LogP contribution in [0.2, 0.25) is 0 Å². The molecule has 0 fully saturated rings. The van der Waals surface area contributed by atoms with E-state index in [1.807, 2.05) is 5.32 Å². The van der Waals surface area contributed by atoms with Gasteiger partial charge in [0.1, 0.15) is 17.3 Å². The Morgan fingerprint density at radius 3 is 2.05 bits per heavy atom. The van der Waals surface area contributed by atoms with E-state index in [0.29, 0.717) is 12.1 Å². The second-order valence-electron chi connectivity index (χ2n) is 3.75. The third-order valence-electron chi connectivity index (χ3n) is 2.37. The molecule has 0 atom stereocenters. The van der Waals surface area contributed by atoms with Gasteiger partial charge in [0.15, 0.2) is 11.6 Å². The van der Waals surface area contributed by atoms with Gasteiger partial charge in [-0.15, -0.1) is 0 Å². The fourth-order valence-corrected chi connectivity index (χ4v) is 1.46. The largest absolute Gasteiger partial charge is 0.508 e. The van der Waals surface area contributed by atoms with Gasteiger partial charge in [-0.3, -0.25) is 4.79 Å². The van der Waals surface area contributed by atoms with Crippen molar-refractivity contribution in [3.8, 4) is 5.75 Å². The summed E-state index contributed by atoms with van der Waals surface area (Å²) in [5, 5.41) is 11.1. The molecule has 0 saturated carbocycles. The van der Waals surface area contributed by atoms with E-state index in [4.69, 9.17) is 5.11 Å². The Labute approximate surface area is 106 Å². The first-order valence-electron chi connectivity index (χ1n) is 5.22. The molecule has 6 heteroatoms. The lowest BCUT2D eigenvalue weighted by atomic mass is 10.2. The Morgan fingerprint density at radius 2 is 1.53 bits per heavy atom. The summed E-state index contributed by atoms with van der Waals surface area (Å²) >= 11 is 0. The highest BCUT2D eigenvalue weighted by atomic mass is 19.1. The van der Waals surface area contributed by atoms with E-state index in [0.717, 1.165) is 0 Å². The van der Waals surface area contributed by atoms with Crippen LogP contribution >= 0.6 is 0 Å². The molecule has 1 amide bonds. The van der Waals surface area contributed by atoms with Gasteiger partial charge in [-0.25, -0.2) is 13.2 Å². The van der Waals surface area contributed by atoms with Crippen molar-refractivity contribution in [2.45, 2.75) is 0 Å². The topological polar surface area (TPSA) is 49.3 Å². The summed E-state index contributed by atoms with van der Waals surface area (Å²) < 4.78 is 39.3. The second-order valence-corrected chi connectivity index (χ2v) is 3.75. The van der Waals surface area contributed by atoms with Crippen molar-refractivity contribution in [3.63, 3.8) is 0 Å². The lowest BCUT2D eigenvalue weighted by molar-refractivity contribution is 0.102. The van der Waals surface area contributed by atoms with Gasteiger partial charge < -0.3 is 10.4 Å². The highest BCUT2D eigenvalue weighted by Crippen LogP contribution is 2.21. The number of hydrogen-bond acceptors (Lipinski definition) is 2. The maximum Gasteiger partial charge on any atom is 0.255 e. The summed E-state index contributed by atoms with van der Waals surface area (Å²) in [6, 6.07) is 6.01. The number of phenolic OH excluding ortho intramolecular Hbond substituents is 1. The minimum absolute atomic E-state index is 0.0457. The van der Waals surface area contributed by atoms with Crippen molar-refractivity contribution in [3.05, 3.63) is 59.4 Å². The number of anilines is 1.